The molecule has 0 bridgehead atoms. The van der Waals surface area contributed by atoms with Gasteiger partial charge in [0.25, 0.3) is 5.69 Å². The lowest BCUT2D eigenvalue weighted by molar-refractivity contribution is -0.384. The zero-order valence-electron chi connectivity index (χ0n) is 10.3. The van der Waals surface area contributed by atoms with Crippen LogP contribution in [-0.2, 0) is 11.8 Å². The van der Waals surface area contributed by atoms with Crippen LogP contribution in [0.5, 0.6) is 0 Å². The van der Waals surface area contributed by atoms with Crippen LogP contribution in [-0.4, -0.2) is 25.6 Å². The van der Waals surface area contributed by atoms with Crippen LogP contribution in [0.1, 0.15) is 6.92 Å². The van der Waals surface area contributed by atoms with Crippen molar-refractivity contribution in [3.8, 4) is 0 Å². The molecule has 0 unspecified atom stereocenters. The van der Waals surface area contributed by atoms with E-state index in [1.807, 2.05) is 0 Å². The zero-order valence-corrected chi connectivity index (χ0v) is 10.3. The molecule has 19 heavy (non-hydrogen) atoms. The lowest BCUT2D eigenvalue weighted by Gasteiger charge is -2.19. The van der Waals surface area contributed by atoms with E-state index in [0.29, 0.717) is 5.82 Å². The number of pyridine rings is 1. The topological polar surface area (TPSA) is 94.2 Å². The van der Waals surface area contributed by atoms with Crippen LogP contribution in [0, 0.1) is 10.1 Å². The molecule has 0 aliphatic rings. The van der Waals surface area contributed by atoms with Gasteiger partial charge in [-0.1, -0.05) is 0 Å². The molecule has 2 aromatic heterocycles. The molecule has 0 N–H and O–H groups in total. The second-order valence-electron chi connectivity index (χ2n) is 3.80. The summed E-state index contributed by atoms with van der Waals surface area (Å²) in [4.78, 5) is 27.2. The molecule has 8 heteroatoms. The Balaban J connectivity index is 2.52. The Morgan fingerprint density at radius 1 is 1.42 bits per heavy atom. The van der Waals surface area contributed by atoms with Gasteiger partial charge in [0.1, 0.15) is 11.6 Å². The van der Waals surface area contributed by atoms with Gasteiger partial charge in [0.15, 0.2) is 0 Å². The van der Waals surface area contributed by atoms with Crippen molar-refractivity contribution < 1.29 is 9.72 Å². The van der Waals surface area contributed by atoms with Crippen molar-refractivity contribution in [2.75, 3.05) is 4.90 Å². The quantitative estimate of drug-likeness (QED) is 0.615. The molecule has 98 valence electrons. The second-order valence-corrected chi connectivity index (χ2v) is 3.80. The van der Waals surface area contributed by atoms with E-state index in [9.17, 15) is 14.9 Å². The molecule has 0 aliphatic heterocycles. The molecule has 2 heterocycles. The van der Waals surface area contributed by atoms with E-state index in [-0.39, 0.29) is 17.4 Å². The zero-order chi connectivity index (χ0) is 14.0. The first-order chi connectivity index (χ1) is 9.00. The fourth-order valence-corrected chi connectivity index (χ4v) is 1.67. The van der Waals surface area contributed by atoms with E-state index in [0.717, 1.165) is 0 Å². The van der Waals surface area contributed by atoms with Crippen molar-refractivity contribution >= 4 is 23.2 Å². The normalized spacial score (nSPS) is 10.2. The van der Waals surface area contributed by atoms with Gasteiger partial charge in [0.2, 0.25) is 5.91 Å². The molecule has 0 fully saturated rings. The number of hydrogen-bond donors (Lipinski definition) is 0. The highest BCUT2D eigenvalue weighted by Gasteiger charge is 2.20. The minimum atomic E-state index is -0.535. The summed E-state index contributed by atoms with van der Waals surface area (Å²) in [7, 11) is 1.67. The summed E-state index contributed by atoms with van der Waals surface area (Å²) >= 11 is 0. The third kappa shape index (κ3) is 2.41. The lowest BCUT2D eigenvalue weighted by Crippen LogP contribution is -2.26. The number of rotatable bonds is 3. The van der Waals surface area contributed by atoms with Crippen LogP contribution in [0.25, 0.3) is 0 Å². The van der Waals surface area contributed by atoms with Gasteiger partial charge in [0.05, 0.1) is 17.2 Å². The van der Waals surface area contributed by atoms with Crippen molar-refractivity contribution in [1.82, 2.24) is 14.8 Å². The number of nitro groups is 1. The summed E-state index contributed by atoms with van der Waals surface area (Å²) in [5, 5.41) is 14.7. The van der Waals surface area contributed by atoms with Crippen LogP contribution in [0.2, 0.25) is 0 Å². The molecular weight excluding hydrogens is 250 g/mol. The predicted molar refractivity (Wildman–Crippen MR) is 66.9 cm³/mol. The SMILES string of the molecule is CC(=O)N(c1cc([N+](=O)[O-])ccn1)c1ccnn1C. The first kappa shape index (κ1) is 12.7. The van der Waals surface area contributed by atoms with Gasteiger partial charge in [-0.25, -0.2) is 9.88 Å². The Morgan fingerprint density at radius 2 is 2.16 bits per heavy atom. The van der Waals surface area contributed by atoms with Gasteiger partial charge >= 0.3 is 0 Å². The van der Waals surface area contributed by atoms with E-state index in [1.54, 1.807) is 13.1 Å². The standard InChI is InChI=1S/C11H11N5O3/c1-8(17)15(11-4-6-13-14(11)2)10-7-9(16(18)19)3-5-12-10/h3-7H,1-2H3. The third-order valence-electron chi connectivity index (χ3n) is 2.51. The minimum absolute atomic E-state index is 0.126. The Kier molecular flexibility index (Phi) is 3.23. The number of nitrogens with zero attached hydrogens (tertiary/aromatic N) is 5. The number of anilines is 2. The Hall–Kier alpha value is -2.77. The molecule has 0 radical (unpaired) electrons. The molecule has 1 amide bonds. The maximum atomic E-state index is 11.8. The van der Waals surface area contributed by atoms with Gasteiger partial charge in [0, 0.05) is 32.3 Å². The highest BCUT2D eigenvalue weighted by atomic mass is 16.6. The fraction of sp³-hybridized carbons (Fsp3) is 0.182. The molecule has 2 rings (SSSR count). The molecular formula is C11H11N5O3. The average Bonchev–Trinajstić information content (AvgIpc) is 2.76. The van der Waals surface area contributed by atoms with Crippen LogP contribution >= 0.6 is 0 Å². The van der Waals surface area contributed by atoms with Crippen molar-refractivity contribution in [2.24, 2.45) is 7.05 Å². The third-order valence-corrected chi connectivity index (χ3v) is 2.51. The number of carbonyl (C=O) groups excluding carboxylic acids is 1. The number of hydrogen-bond acceptors (Lipinski definition) is 5. The molecule has 0 saturated carbocycles. The average molecular weight is 261 g/mol. The van der Waals surface area contributed by atoms with Crippen molar-refractivity contribution in [1.29, 1.82) is 0 Å². The van der Waals surface area contributed by atoms with Gasteiger partial charge in [-0.3, -0.25) is 19.6 Å². The van der Waals surface area contributed by atoms with Gasteiger partial charge in [-0.2, -0.15) is 5.10 Å². The summed E-state index contributed by atoms with van der Waals surface area (Å²) in [6.07, 6.45) is 2.82. The smallest absolute Gasteiger partial charge is 0.274 e. The Labute approximate surface area is 108 Å². The summed E-state index contributed by atoms with van der Waals surface area (Å²) in [5.74, 6) is 0.363. The monoisotopic (exact) mass is 261 g/mol. The Bertz CT molecular complexity index is 637. The highest BCUT2D eigenvalue weighted by Crippen LogP contribution is 2.25. The highest BCUT2D eigenvalue weighted by molar-refractivity contribution is 5.97. The number of aryl methyl sites for hydroxylation is 1. The van der Waals surface area contributed by atoms with E-state index in [2.05, 4.69) is 10.1 Å². The van der Waals surface area contributed by atoms with Gasteiger partial charge < -0.3 is 0 Å². The van der Waals surface area contributed by atoms with Crippen LogP contribution in [0.3, 0.4) is 0 Å². The van der Waals surface area contributed by atoms with Gasteiger partial charge in [-0.15, -0.1) is 0 Å². The molecule has 2 aromatic rings. The van der Waals surface area contributed by atoms with E-state index in [4.69, 9.17) is 0 Å². The lowest BCUT2D eigenvalue weighted by atomic mass is 10.3. The van der Waals surface area contributed by atoms with Crippen molar-refractivity contribution in [3.05, 3.63) is 40.7 Å². The molecule has 0 aliphatic carbocycles. The van der Waals surface area contributed by atoms with E-state index < -0.39 is 4.92 Å². The number of carbonyl (C=O) groups is 1. The second kappa shape index (κ2) is 4.84. The summed E-state index contributed by atoms with van der Waals surface area (Å²) in [6.45, 7) is 1.35. The fourth-order valence-electron chi connectivity index (χ4n) is 1.67. The van der Waals surface area contributed by atoms with Crippen LogP contribution < -0.4 is 4.90 Å². The van der Waals surface area contributed by atoms with E-state index >= 15 is 0 Å². The molecule has 0 spiro atoms. The first-order valence-electron chi connectivity index (χ1n) is 5.40. The summed E-state index contributed by atoms with van der Waals surface area (Å²) in [6, 6.07) is 4.14. The van der Waals surface area contributed by atoms with Gasteiger partial charge in [-0.05, 0) is 0 Å². The first-order valence-corrected chi connectivity index (χ1v) is 5.40. The van der Waals surface area contributed by atoms with E-state index in [1.165, 1.54) is 41.0 Å². The predicted octanol–water partition coefficient (Wildman–Crippen LogP) is 1.41. The Morgan fingerprint density at radius 3 is 2.68 bits per heavy atom. The number of aromatic nitrogens is 3. The summed E-state index contributed by atoms with van der Waals surface area (Å²) < 4.78 is 1.49. The molecule has 8 nitrogen and oxygen atoms in total. The summed E-state index contributed by atoms with van der Waals surface area (Å²) in [5.41, 5.74) is -0.126. The van der Waals surface area contributed by atoms with Crippen LogP contribution in [0.15, 0.2) is 30.6 Å². The van der Waals surface area contributed by atoms with Crippen molar-refractivity contribution in [3.63, 3.8) is 0 Å². The largest absolute Gasteiger partial charge is 0.274 e. The van der Waals surface area contributed by atoms with Crippen LogP contribution in [0.4, 0.5) is 17.3 Å². The minimum Gasteiger partial charge on any atom is -0.274 e. The maximum Gasteiger partial charge on any atom is 0.274 e. The molecule has 0 aromatic carbocycles. The maximum absolute atomic E-state index is 11.8. The number of amides is 1. The molecule has 0 atom stereocenters. The molecule has 0 saturated heterocycles. The van der Waals surface area contributed by atoms with Crippen molar-refractivity contribution in [2.45, 2.75) is 6.92 Å².